The first-order valence-corrected chi connectivity index (χ1v) is 16.2. The predicted octanol–water partition coefficient (Wildman–Crippen LogP) is 5.36. The van der Waals surface area contributed by atoms with Gasteiger partial charge in [0.25, 0.3) is 5.91 Å². The van der Waals surface area contributed by atoms with Crippen LogP contribution >= 0.6 is 0 Å². The van der Waals surface area contributed by atoms with Crippen LogP contribution in [0.1, 0.15) is 83.5 Å². The van der Waals surface area contributed by atoms with E-state index in [-0.39, 0.29) is 17.6 Å². The Hall–Kier alpha value is -3.48. The molecule has 2 fully saturated rings. The Morgan fingerprint density at radius 2 is 1.82 bits per heavy atom. The summed E-state index contributed by atoms with van der Waals surface area (Å²) in [6.07, 6.45) is 8.25. The molecule has 236 valence electrons. The number of carboxylic acid groups (broad SMARTS) is 1. The van der Waals surface area contributed by atoms with Crippen molar-refractivity contribution in [2.75, 3.05) is 53.4 Å². The molecule has 2 atom stereocenters. The second-order valence-electron chi connectivity index (χ2n) is 13.0. The molecular formula is C35H46FN5O3. The Morgan fingerprint density at radius 1 is 1.07 bits per heavy atom. The number of fused-ring (bicyclic) bond motifs is 1. The van der Waals surface area contributed by atoms with Gasteiger partial charge in [0.15, 0.2) is 0 Å². The predicted molar refractivity (Wildman–Crippen MR) is 168 cm³/mol. The number of carbonyl (C=O) groups is 2. The van der Waals surface area contributed by atoms with Gasteiger partial charge in [-0.3, -0.25) is 9.69 Å². The minimum absolute atomic E-state index is 0.0490. The van der Waals surface area contributed by atoms with Crippen molar-refractivity contribution in [3.05, 3.63) is 70.0 Å². The highest BCUT2D eigenvalue weighted by Gasteiger charge is 2.37. The van der Waals surface area contributed by atoms with Crippen molar-refractivity contribution >= 4 is 12.0 Å². The van der Waals surface area contributed by atoms with Crippen LogP contribution in [0, 0.1) is 17.1 Å². The first kappa shape index (κ1) is 31.9. The first-order valence-electron chi connectivity index (χ1n) is 16.2. The fraction of sp³-hybridized carbons (Fsp3) is 0.571. The zero-order chi connectivity index (χ0) is 31.2. The van der Waals surface area contributed by atoms with Gasteiger partial charge in [-0.05, 0) is 105 Å². The van der Waals surface area contributed by atoms with Crippen LogP contribution in [0.3, 0.4) is 0 Å². The van der Waals surface area contributed by atoms with Gasteiger partial charge in [0.2, 0.25) is 0 Å². The van der Waals surface area contributed by atoms with Crippen LogP contribution in [-0.4, -0.2) is 102 Å². The van der Waals surface area contributed by atoms with Crippen LogP contribution in [0.2, 0.25) is 0 Å². The third-order valence-electron chi connectivity index (χ3n) is 10.0. The molecule has 8 nitrogen and oxygen atoms in total. The molecule has 2 aromatic carbocycles. The van der Waals surface area contributed by atoms with E-state index >= 15 is 0 Å². The molecule has 0 radical (unpaired) electrons. The Morgan fingerprint density at radius 3 is 2.55 bits per heavy atom. The SMILES string of the molecule is CN(CCC1CCCCN1C1CN(CCC(CN(C)C(=O)c2cc(C#N)cc3c2CCCC3)c2ccc(F)cc2)C1)C(=O)O. The van der Waals surface area contributed by atoms with E-state index in [0.717, 1.165) is 87.8 Å². The van der Waals surface area contributed by atoms with Gasteiger partial charge in [-0.25, -0.2) is 9.18 Å². The number of amides is 2. The number of halogens is 1. The smallest absolute Gasteiger partial charge is 0.407 e. The van der Waals surface area contributed by atoms with Gasteiger partial charge in [0.05, 0.1) is 11.6 Å². The molecule has 2 amide bonds. The molecule has 44 heavy (non-hydrogen) atoms. The molecule has 0 spiro atoms. The van der Waals surface area contributed by atoms with Crippen molar-refractivity contribution in [1.82, 2.24) is 19.6 Å². The third-order valence-corrected chi connectivity index (χ3v) is 10.0. The maximum atomic E-state index is 13.8. The van der Waals surface area contributed by atoms with E-state index < -0.39 is 6.09 Å². The summed E-state index contributed by atoms with van der Waals surface area (Å²) in [4.78, 5) is 33.3. The number of hydrogen-bond donors (Lipinski definition) is 1. The Kier molecular flexibility index (Phi) is 10.5. The van der Waals surface area contributed by atoms with E-state index in [1.54, 1.807) is 18.0 Å². The quantitative estimate of drug-likeness (QED) is 0.372. The number of likely N-dealkylation sites (N-methyl/N-ethyl adjacent to an activating group) is 1. The standard InChI is InChI=1S/C35H46FN5O3/c1-38(35(43)44)17-15-30-8-5-6-16-41(30)31-23-40(24-31)18-14-28(26-10-12-29(36)13-11-26)22-39(2)34(42)33-20-25(21-37)19-27-7-3-4-9-32(27)33/h10-13,19-20,28,30-31H,3-9,14-18,22-24H2,1-2H3,(H,43,44). The molecular weight excluding hydrogens is 557 g/mol. The van der Waals surface area contributed by atoms with Gasteiger partial charge in [-0.15, -0.1) is 0 Å². The average Bonchev–Trinajstić information content (AvgIpc) is 3.02. The van der Waals surface area contributed by atoms with E-state index in [1.807, 2.05) is 25.2 Å². The summed E-state index contributed by atoms with van der Waals surface area (Å²) >= 11 is 0. The van der Waals surface area contributed by atoms with Crippen LogP contribution in [0.5, 0.6) is 0 Å². The molecule has 0 bridgehead atoms. The Bertz CT molecular complexity index is 1350. The summed E-state index contributed by atoms with van der Waals surface area (Å²) in [7, 11) is 3.48. The third kappa shape index (κ3) is 7.59. The summed E-state index contributed by atoms with van der Waals surface area (Å²) in [5, 5.41) is 18.8. The minimum atomic E-state index is -0.875. The van der Waals surface area contributed by atoms with Crippen molar-refractivity contribution in [3.63, 3.8) is 0 Å². The molecule has 0 aromatic heterocycles. The van der Waals surface area contributed by atoms with Gasteiger partial charge < -0.3 is 19.8 Å². The molecule has 2 aromatic rings. The van der Waals surface area contributed by atoms with Gasteiger partial charge >= 0.3 is 6.09 Å². The number of rotatable bonds is 11. The molecule has 1 aliphatic carbocycles. The van der Waals surface area contributed by atoms with E-state index in [0.29, 0.717) is 36.3 Å². The number of likely N-dealkylation sites (tertiary alicyclic amines) is 2. The maximum absolute atomic E-state index is 13.8. The molecule has 5 rings (SSSR count). The number of aryl methyl sites for hydroxylation is 1. The summed E-state index contributed by atoms with van der Waals surface area (Å²) in [5.41, 5.74) is 4.42. The van der Waals surface area contributed by atoms with E-state index in [4.69, 9.17) is 0 Å². The van der Waals surface area contributed by atoms with Crippen LogP contribution < -0.4 is 0 Å². The minimum Gasteiger partial charge on any atom is -0.465 e. The lowest BCUT2D eigenvalue weighted by molar-refractivity contribution is -0.0122. The van der Waals surface area contributed by atoms with Gasteiger partial charge in [0.1, 0.15) is 5.82 Å². The Labute approximate surface area is 261 Å². The molecule has 3 aliphatic rings. The first-order chi connectivity index (χ1) is 21.2. The number of hydrogen-bond acceptors (Lipinski definition) is 5. The highest BCUT2D eigenvalue weighted by atomic mass is 19.1. The zero-order valence-corrected chi connectivity index (χ0v) is 26.2. The lowest BCUT2D eigenvalue weighted by atomic mass is 9.86. The number of piperidine rings is 1. The maximum Gasteiger partial charge on any atom is 0.407 e. The normalized spacial score (nSPS) is 19.8. The van der Waals surface area contributed by atoms with Crippen LogP contribution in [0.4, 0.5) is 9.18 Å². The van der Waals surface area contributed by atoms with Crippen LogP contribution in [0.15, 0.2) is 36.4 Å². The highest BCUT2D eigenvalue weighted by Crippen LogP contribution is 2.30. The number of nitriles is 1. The summed E-state index contributed by atoms with van der Waals surface area (Å²) in [6.45, 7) is 5.01. The second kappa shape index (κ2) is 14.5. The van der Waals surface area contributed by atoms with Crippen molar-refractivity contribution in [3.8, 4) is 6.07 Å². The summed E-state index contributed by atoms with van der Waals surface area (Å²) < 4.78 is 13.8. The van der Waals surface area contributed by atoms with Crippen LogP contribution in [0.25, 0.3) is 0 Å². The molecule has 2 unspecified atom stereocenters. The summed E-state index contributed by atoms with van der Waals surface area (Å²) in [5.74, 6) is -0.276. The molecule has 9 heteroatoms. The molecule has 2 aliphatic heterocycles. The van der Waals surface area contributed by atoms with Gasteiger partial charge in [0, 0.05) is 63.8 Å². The van der Waals surface area contributed by atoms with E-state index in [2.05, 4.69) is 15.9 Å². The Balaban J connectivity index is 1.21. The highest BCUT2D eigenvalue weighted by molar-refractivity contribution is 5.96. The summed E-state index contributed by atoms with van der Waals surface area (Å²) in [6, 6.07) is 13.5. The average molecular weight is 604 g/mol. The number of benzene rings is 2. The monoisotopic (exact) mass is 603 g/mol. The van der Waals surface area contributed by atoms with Gasteiger partial charge in [-0.1, -0.05) is 18.6 Å². The fourth-order valence-corrected chi connectivity index (χ4v) is 7.37. The largest absolute Gasteiger partial charge is 0.465 e. The second-order valence-corrected chi connectivity index (χ2v) is 13.0. The van der Waals surface area contributed by atoms with E-state index in [9.17, 15) is 24.3 Å². The van der Waals surface area contributed by atoms with Crippen LogP contribution in [-0.2, 0) is 12.8 Å². The lowest BCUT2D eigenvalue weighted by Crippen LogP contribution is -2.63. The number of nitrogens with zero attached hydrogens (tertiary/aromatic N) is 5. The topological polar surface area (TPSA) is 91.1 Å². The molecule has 0 saturated carbocycles. The van der Waals surface area contributed by atoms with Gasteiger partial charge in [-0.2, -0.15) is 5.26 Å². The number of carbonyl (C=O) groups excluding carboxylic acids is 1. The molecule has 1 N–H and O–H groups in total. The van der Waals surface area contributed by atoms with Crippen molar-refractivity contribution in [2.24, 2.45) is 0 Å². The molecule has 2 heterocycles. The lowest BCUT2D eigenvalue weighted by Gasteiger charge is -2.50. The zero-order valence-electron chi connectivity index (χ0n) is 26.2. The van der Waals surface area contributed by atoms with Crippen molar-refractivity contribution < 1.29 is 19.1 Å². The molecule has 2 saturated heterocycles. The fourth-order valence-electron chi connectivity index (χ4n) is 7.37. The van der Waals surface area contributed by atoms with Crippen molar-refractivity contribution in [1.29, 1.82) is 5.26 Å². The van der Waals surface area contributed by atoms with E-state index in [1.165, 1.54) is 29.9 Å². The van der Waals surface area contributed by atoms with Crippen molar-refractivity contribution in [2.45, 2.75) is 75.8 Å².